The predicted molar refractivity (Wildman–Crippen MR) is 101 cm³/mol. The van der Waals surface area contributed by atoms with Gasteiger partial charge in [0.25, 0.3) is 0 Å². The number of carbonyl (C=O) groups excluding carboxylic acids is 2. The Balaban J connectivity index is 0.000000447. The van der Waals surface area contributed by atoms with Gasteiger partial charge < -0.3 is 11.1 Å². The topological polar surface area (TPSA) is 72.2 Å². The quantitative estimate of drug-likeness (QED) is 0.501. The molecule has 126 valence electrons. The fraction of sp³-hybridized carbons (Fsp3) is 0.200. The summed E-state index contributed by atoms with van der Waals surface area (Å²) < 4.78 is 0. The van der Waals surface area contributed by atoms with Gasteiger partial charge in [-0.2, -0.15) is 0 Å². The van der Waals surface area contributed by atoms with E-state index in [-0.39, 0.29) is 5.78 Å². The van der Waals surface area contributed by atoms with Gasteiger partial charge >= 0.3 is 0 Å². The average molecular weight is 324 g/mol. The first kappa shape index (κ1) is 20.9. The number of nitrogens with one attached hydrogen (secondary N) is 1. The first-order valence-corrected chi connectivity index (χ1v) is 7.66. The summed E-state index contributed by atoms with van der Waals surface area (Å²) in [6, 6.07) is 14.8. The van der Waals surface area contributed by atoms with Crippen LogP contribution >= 0.6 is 0 Å². The third kappa shape index (κ3) is 9.80. The van der Waals surface area contributed by atoms with Crippen molar-refractivity contribution in [3.63, 3.8) is 0 Å². The Bertz CT molecular complexity index is 675. The summed E-state index contributed by atoms with van der Waals surface area (Å²) >= 11 is 0. The molecule has 0 aromatic heterocycles. The van der Waals surface area contributed by atoms with E-state index in [1.165, 1.54) is 12.5 Å². The maximum Gasteiger partial charge on any atom is 0.211 e. The highest BCUT2D eigenvalue weighted by Gasteiger charge is 1.91. The van der Waals surface area contributed by atoms with Crippen molar-refractivity contribution in [1.29, 1.82) is 0 Å². The van der Waals surface area contributed by atoms with Crippen LogP contribution in [0.2, 0.25) is 0 Å². The number of hydrogen-bond donors (Lipinski definition) is 2. The second-order valence-electron chi connectivity index (χ2n) is 4.56. The van der Waals surface area contributed by atoms with Gasteiger partial charge in [0, 0.05) is 23.9 Å². The molecule has 0 saturated carbocycles. The van der Waals surface area contributed by atoms with Crippen LogP contribution in [0.5, 0.6) is 0 Å². The number of benzene rings is 2. The number of aryl methyl sites for hydroxylation is 1. The molecule has 2 rings (SSSR count). The van der Waals surface area contributed by atoms with Gasteiger partial charge in [0.15, 0.2) is 0 Å². The molecule has 3 N–H and O–H groups in total. The number of carbonyl (C=O) groups is 2. The van der Waals surface area contributed by atoms with Crippen molar-refractivity contribution in [3.8, 4) is 11.8 Å². The highest BCUT2D eigenvalue weighted by Crippen LogP contribution is 2.08. The maximum absolute atomic E-state index is 10.6. The molecule has 2 aromatic rings. The molecule has 0 unspecified atom stereocenters. The smallest absolute Gasteiger partial charge is 0.211 e. The third-order valence-corrected chi connectivity index (χ3v) is 2.55. The van der Waals surface area contributed by atoms with Crippen LogP contribution in [-0.4, -0.2) is 12.2 Å². The van der Waals surface area contributed by atoms with Crippen molar-refractivity contribution >= 4 is 23.6 Å². The van der Waals surface area contributed by atoms with Gasteiger partial charge in [-0.25, -0.2) is 0 Å². The molecule has 0 spiro atoms. The van der Waals surface area contributed by atoms with E-state index in [4.69, 9.17) is 5.73 Å². The lowest BCUT2D eigenvalue weighted by Gasteiger charge is -1.97. The SMILES string of the molecule is CC.CC(=O)C#Cc1cccc(NC=O)c1.Cc1ccc(N)cc1. The van der Waals surface area contributed by atoms with E-state index in [1.54, 1.807) is 24.3 Å². The summed E-state index contributed by atoms with van der Waals surface area (Å²) in [5, 5.41) is 2.50. The maximum atomic E-state index is 10.6. The lowest BCUT2D eigenvalue weighted by Crippen LogP contribution is -1.93. The van der Waals surface area contributed by atoms with Crippen LogP contribution in [0.4, 0.5) is 11.4 Å². The molecule has 0 atom stereocenters. The van der Waals surface area contributed by atoms with E-state index in [2.05, 4.69) is 17.2 Å². The Hall–Kier alpha value is -3.06. The second-order valence-corrected chi connectivity index (χ2v) is 4.56. The monoisotopic (exact) mass is 324 g/mol. The number of anilines is 2. The van der Waals surface area contributed by atoms with E-state index in [0.717, 1.165) is 5.69 Å². The Morgan fingerprint density at radius 2 is 1.75 bits per heavy atom. The van der Waals surface area contributed by atoms with Crippen LogP contribution in [0, 0.1) is 18.8 Å². The van der Waals surface area contributed by atoms with Crippen LogP contribution in [0.15, 0.2) is 48.5 Å². The molecule has 0 fully saturated rings. The zero-order valence-corrected chi connectivity index (χ0v) is 14.6. The normalized spacial score (nSPS) is 8.17. The molecule has 0 radical (unpaired) electrons. The zero-order valence-electron chi connectivity index (χ0n) is 14.6. The molecule has 0 aliphatic carbocycles. The Morgan fingerprint density at radius 3 is 2.25 bits per heavy atom. The van der Waals surface area contributed by atoms with E-state index < -0.39 is 0 Å². The van der Waals surface area contributed by atoms with Crippen LogP contribution < -0.4 is 11.1 Å². The van der Waals surface area contributed by atoms with Crippen molar-refractivity contribution in [3.05, 3.63) is 59.7 Å². The van der Waals surface area contributed by atoms with E-state index in [0.29, 0.717) is 17.7 Å². The fourth-order valence-corrected chi connectivity index (χ4v) is 1.48. The second kappa shape index (κ2) is 12.5. The van der Waals surface area contributed by atoms with Crippen molar-refractivity contribution in [2.45, 2.75) is 27.7 Å². The summed E-state index contributed by atoms with van der Waals surface area (Å²) in [6.45, 7) is 7.44. The molecule has 1 amide bonds. The molecular formula is C20H24N2O2. The number of hydrogen-bond acceptors (Lipinski definition) is 3. The Labute approximate surface area is 144 Å². The van der Waals surface area contributed by atoms with E-state index in [9.17, 15) is 9.59 Å². The number of ketones is 1. The fourth-order valence-electron chi connectivity index (χ4n) is 1.48. The minimum atomic E-state index is -0.182. The van der Waals surface area contributed by atoms with Crippen molar-refractivity contribution in [2.75, 3.05) is 11.1 Å². The minimum absolute atomic E-state index is 0.182. The molecular weight excluding hydrogens is 300 g/mol. The van der Waals surface area contributed by atoms with Crippen LogP contribution in [-0.2, 0) is 9.59 Å². The number of nitrogen functional groups attached to an aromatic ring is 1. The third-order valence-electron chi connectivity index (χ3n) is 2.55. The van der Waals surface area contributed by atoms with E-state index in [1.807, 2.05) is 45.0 Å². The number of amides is 1. The molecule has 2 aromatic carbocycles. The van der Waals surface area contributed by atoms with Crippen LogP contribution in [0.3, 0.4) is 0 Å². The number of rotatable bonds is 2. The van der Waals surface area contributed by atoms with Gasteiger partial charge in [-0.1, -0.05) is 43.5 Å². The highest BCUT2D eigenvalue weighted by atomic mass is 16.1. The van der Waals surface area contributed by atoms with Gasteiger partial charge in [0.2, 0.25) is 12.2 Å². The highest BCUT2D eigenvalue weighted by molar-refractivity contribution is 5.93. The van der Waals surface area contributed by atoms with Gasteiger partial charge in [0.1, 0.15) is 0 Å². The van der Waals surface area contributed by atoms with Gasteiger partial charge in [0.05, 0.1) is 0 Å². The lowest BCUT2D eigenvalue weighted by atomic mass is 10.2. The zero-order chi connectivity index (χ0) is 18.4. The first-order chi connectivity index (χ1) is 11.5. The van der Waals surface area contributed by atoms with Crippen molar-refractivity contribution < 1.29 is 9.59 Å². The molecule has 4 nitrogen and oxygen atoms in total. The predicted octanol–water partition coefficient (Wildman–Crippen LogP) is 3.80. The first-order valence-electron chi connectivity index (χ1n) is 7.66. The Morgan fingerprint density at radius 1 is 1.12 bits per heavy atom. The lowest BCUT2D eigenvalue weighted by molar-refractivity contribution is -0.112. The van der Waals surface area contributed by atoms with Crippen molar-refractivity contribution in [2.24, 2.45) is 0 Å². The average Bonchev–Trinajstić information content (AvgIpc) is 2.59. The molecule has 4 heteroatoms. The summed E-state index contributed by atoms with van der Waals surface area (Å²) in [6.07, 6.45) is 0.595. The van der Waals surface area contributed by atoms with Crippen molar-refractivity contribution in [1.82, 2.24) is 0 Å². The van der Waals surface area contributed by atoms with Gasteiger partial charge in [-0.15, -0.1) is 0 Å². The number of nitrogens with two attached hydrogens (primary N) is 1. The molecule has 0 bridgehead atoms. The van der Waals surface area contributed by atoms with E-state index >= 15 is 0 Å². The molecule has 0 aliphatic heterocycles. The van der Waals surface area contributed by atoms with Gasteiger partial charge in [-0.05, 0) is 43.2 Å². The molecule has 24 heavy (non-hydrogen) atoms. The Kier molecular flexibility index (Phi) is 10.9. The molecule has 0 saturated heterocycles. The van der Waals surface area contributed by atoms with Gasteiger partial charge in [-0.3, -0.25) is 9.59 Å². The minimum Gasteiger partial charge on any atom is -0.399 e. The summed E-state index contributed by atoms with van der Waals surface area (Å²) in [4.78, 5) is 20.7. The molecule has 0 aliphatic rings. The summed E-state index contributed by atoms with van der Waals surface area (Å²) in [5.74, 6) is 4.93. The standard InChI is InChI=1S/C11H9NO2.C7H9N.C2H6/c1-9(14)5-6-10-3-2-4-11(7-10)12-8-13;1-6-2-4-7(8)5-3-6;1-2/h2-4,7-8H,1H3,(H,12,13);2-5H,8H2,1H3;1-2H3. The summed E-state index contributed by atoms with van der Waals surface area (Å²) in [7, 11) is 0. The van der Waals surface area contributed by atoms with Crippen LogP contribution in [0.1, 0.15) is 31.9 Å². The van der Waals surface area contributed by atoms with Crippen LogP contribution in [0.25, 0.3) is 0 Å². The number of Topliss-reactive ketones (excluding diaryl/α,β-unsaturated/α-hetero) is 1. The largest absolute Gasteiger partial charge is 0.399 e. The summed E-state index contributed by atoms with van der Waals surface area (Å²) in [5.41, 5.74) is 8.87. The molecule has 0 heterocycles.